The van der Waals surface area contributed by atoms with Crippen molar-refractivity contribution in [2.45, 2.75) is 31.4 Å². The molecule has 5 rings (SSSR count). The van der Waals surface area contributed by atoms with Gasteiger partial charge in [-0.25, -0.2) is 23.1 Å². The maximum absolute atomic E-state index is 13.5. The van der Waals surface area contributed by atoms with Gasteiger partial charge in [0.25, 0.3) is 6.43 Å². The highest BCUT2D eigenvalue weighted by molar-refractivity contribution is 5.97. The Kier molecular flexibility index (Phi) is 4.44. The summed E-state index contributed by atoms with van der Waals surface area (Å²) in [7, 11) is 0. The van der Waals surface area contributed by atoms with E-state index >= 15 is 0 Å². The molecule has 0 atom stereocenters. The molecule has 158 valence electrons. The number of halogens is 3. The number of benzene rings is 2. The number of rotatable bonds is 5. The lowest BCUT2D eigenvalue weighted by atomic mass is 9.98. The van der Waals surface area contributed by atoms with E-state index in [1.807, 2.05) is 0 Å². The minimum absolute atomic E-state index is 0.0655. The summed E-state index contributed by atoms with van der Waals surface area (Å²) in [5.74, 6) is -0.514. The molecule has 0 saturated heterocycles. The number of nitrogens with zero attached hydrogens (tertiary/aromatic N) is 4. The predicted octanol–water partition coefficient (Wildman–Crippen LogP) is 4.25. The molecule has 1 saturated carbocycles. The Bertz CT molecular complexity index is 1280. The van der Waals surface area contributed by atoms with Crippen molar-refractivity contribution in [1.82, 2.24) is 19.7 Å². The molecule has 0 radical (unpaired) electrons. The Hall–Kier alpha value is -3.46. The molecule has 2 aromatic heterocycles. The molecule has 2 aromatic carbocycles. The van der Waals surface area contributed by atoms with Crippen LogP contribution in [0.2, 0.25) is 0 Å². The second-order valence-electron chi connectivity index (χ2n) is 7.63. The lowest BCUT2D eigenvalue weighted by molar-refractivity contribution is 0.122. The molecule has 0 amide bonds. The fourth-order valence-corrected chi connectivity index (χ4v) is 3.81. The Balaban J connectivity index is 1.75. The number of fused-ring (bicyclic) bond motifs is 1. The molecule has 1 aliphatic carbocycles. The lowest BCUT2D eigenvalue weighted by Gasteiger charge is -2.14. The summed E-state index contributed by atoms with van der Waals surface area (Å²) in [6.07, 6.45) is 1.16. The van der Waals surface area contributed by atoms with E-state index in [1.54, 1.807) is 6.07 Å². The van der Waals surface area contributed by atoms with Crippen molar-refractivity contribution in [1.29, 1.82) is 0 Å². The first-order chi connectivity index (χ1) is 14.9. The fraction of sp³-hybridized carbons (Fsp3) is 0.227. The first-order valence-corrected chi connectivity index (χ1v) is 9.66. The second-order valence-corrected chi connectivity index (χ2v) is 7.63. The molecule has 0 spiro atoms. The molecule has 1 aliphatic rings. The van der Waals surface area contributed by atoms with Gasteiger partial charge in [-0.2, -0.15) is 5.10 Å². The van der Waals surface area contributed by atoms with Crippen molar-refractivity contribution in [3.63, 3.8) is 0 Å². The highest BCUT2D eigenvalue weighted by Gasteiger charge is 2.44. The van der Waals surface area contributed by atoms with Crippen LogP contribution in [0.1, 0.15) is 18.4 Å². The van der Waals surface area contributed by atoms with E-state index in [1.165, 1.54) is 42.9 Å². The highest BCUT2D eigenvalue weighted by Crippen LogP contribution is 2.50. The van der Waals surface area contributed by atoms with Crippen LogP contribution in [-0.2, 0) is 12.1 Å². The Morgan fingerprint density at radius 1 is 1.10 bits per heavy atom. The summed E-state index contributed by atoms with van der Waals surface area (Å²) in [4.78, 5) is 8.55. The standard InChI is InChI=1S/C22H17F3N4O2/c23-13-3-1-12(2-4-13)21-15(9-28-29(21)10-19(24)25)20-14-7-16(22(31)5-6-22)18(30)8-17(14)26-11-27-20/h1-4,7-9,11,19,30-31H,5-6,10H2. The number of aromatic nitrogens is 4. The number of phenols is 1. The van der Waals surface area contributed by atoms with Gasteiger partial charge in [-0.3, -0.25) is 4.68 Å². The number of hydrogen-bond donors (Lipinski definition) is 2. The summed E-state index contributed by atoms with van der Waals surface area (Å²) in [6.45, 7) is -0.637. The number of aromatic hydroxyl groups is 1. The Morgan fingerprint density at radius 3 is 2.52 bits per heavy atom. The molecule has 4 aromatic rings. The molecule has 0 bridgehead atoms. The van der Waals surface area contributed by atoms with Crippen molar-refractivity contribution in [3.05, 3.63) is 60.3 Å². The normalized spacial score (nSPS) is 15.0. The number of hydrogen-bond acceptors (Lipinski definition) is 5. The van der Waals surface area contributed by atoms with E-state index in [0.717, 1.165) is 4.68 Å². The van der Waals surface area contributed by atoms with Crippen molar-refractivity contribution in [2.75, 3.05) is 0 Å². The van der Waals surface area contributed by atoms with Gasteiger partial charge in [-0.05, 0) is 43.2 Å². The van der Waals surface area contributed by atoms with E-state index in [0.29, 0.717) is 51.8 Å². The molecule has 2 heterocycles. The zero-order valence-corrected chi connectivity index (χ0v) is 16.1. The van der Waals surface area contributed by atoms with E-state index in [4.69, 9.17) is 0 Å². The number of phenolic OH excluding ortho intramolecular Hbond substituents is 1. The molecule has 1 fully saturated rings. The molecule has 0 unspecified atom stereocenters. The zero-order chi connectivity index (χ0) is 21.8. The van der Waals surface area contributed by atoms with Gasteiger partial charge in [0, 0.05) is 28.1 Å². The van der Waals surface area contributed by atoms with Gasteiger partial charge >= 0.3 is 0 Å². The fourth-order valence-electron chi connectivity index (χ4n) is 3.81. The third kappa shape index (κ3) is 3.40. The van der Waals surface area contributed by atoms with Crippen LogP contribution >= 0.6 is 0 Å². The van der Waals surface area contributed by atoms with Gasteiger partial charge in [0.1, 0.15) is 24.4 Å². The van der Waals surface area contributed by atoms with Gasteiger partial charge < -0.3 is 10.2 Å². The monoisotopic (exact) mass is 426 g/mol. The van der Waals surface area contributed by atoms with Crippen LogP contribution in [0.15, 0.2) is 48.9 Å². The van der Waals surface area contributed by atoms with E-state index in [2.05, 4.69) is 15.1 Å². The topological polar surface area (TPSA) is 84.1 Å². The van der Waals surface area contributed by atoms with Crippen molar-refractivity contribution >= 4 is 10.9 Å². The Labute approximate surface area is 174 Å². The minimum Gasteiger partial charge on any atom is -0.507 e. The van der Waals surface area contributed by atoms with Crippen molar-refractivity contribution in [2.24, 2.45) is 0 Å². The molecule has 9 heteroatoms. The average molecular weight is 426 g/mol. The summed E-state index contributed by atoms with van der Waals surface area (Å²) < 4.78 is 41.0. The molecule has 6 nitrogen and oxygen atoms in total. The summed E-state index contributed by atoms with van der Waals surface area (Å²) >= 11 is 0. The third-order valence-corrected chi connectivity index (χ3v) is 5.50. The number of aliphatic hydroxyl groups is 1. The maximum Gasteiger partial charge on any atom is 0.257 e. The van der Waals surface area contributed by atoms with Crippen LogP contribution in [0.4, 0.5) is 13.2 Å². The molecular weight excluding hydrogens is 409 g/mol. The summed E-state index contributed by atoms with van der Waals surface area (Å²) in [5.41, 5.74) is 1.45. The van der Waals surface area contributed by atoms with Gasteiger partial charge in [0.05, 0.1) is 28.7 Å². The third-order valence-electron chi connectivity index (χ3n) is 5.50. The van der Waals surface area contributed by atoms with Crippen molar-refractivity contribution < 1.29 is 23.4 Å². The van der Waals surface area contributed by atoms with E-state index in [-0.39, 0.29) is 5.75 Å². The first kappa shape index (κ1) is 19.5. The molecular formula is C22H17F3N4O2. The highest BCUT2D eigenvalue weighted by atomic mass is 19.3. The van der Waals surface area contributed by atoms with Crippen LogP contribution in [0.5, 0.6) is 5.75 Å². The van der Waals surface area contributed by atoms with Crippen LogP contribution in [0, 0.1) is 5.82 Å². The van der Waals surface area contributed by atoms with Crippen LogP contribution in [-0.4, -0.2) is 36.4 Å². The summed E-state index contributed by atoms with van der Waals surface area (Å²) in [5, 5.41) is 25.5. The van der Waals surface area contributed by atoms with Crippen LogP contribution in [0.3, 0.4) is 0 Å². The van der Waals surface area contributed by atoms with Gasteiger partial charge in [0.2, 0.25) is 0 Å². The largest absolute Gasteiger partial charge is 0.507 e. The zero-order valence-electron chi connectivity index (χ0n) is 16.1. The van der Waals surface area contributed by atoms with Crippen LogP contribution in [0.25, 0.3) is 33.4 Å². The molecule has 2 N–H and O–H groups in total. The molecule has 0 aliphatic heterocycles. The predicted molar refractivity (Wildman–Crippen MR) is 107 cm³/mol. The minimum atomic E-state index is -2.64. The van der Waals surface area contributed by atoms with Crippen LogP contribution < -0.4 is 0 Å². The van der Waals surface area contributed by atoms with Gasteiger partial charge in [-0.15, -0.1) is 0 Å². The van der Waals surface area contributed by atoms with E-state index < -0.39 is 24.4 Å². The Morgan fingerprint density at radius 2 is 1.84 bits per heavy atom. The first-order valence-electron chi connectivity index (χ1n) is 9.66. The van der Waals surface area contributed by atoms with Gasteiger partial charge in [-0.1, -0.05) is 0 Å². The SMILES string of the molecule is Oc1cc2ncnc(-c3cnn(CC(F)F)c3-c3ccc(F)cc3)c2cc1C1(O)CC1. The van der Waals surface area contributed by atoms with Gasteiger partial charge in [0.15, 0.2) is 0 Å². The smallest absolute Gasteiger partial charge is 0.257 e. The maximum atomic E-state index is 13.5. The average Bonchev–Trinajstić information content (AvgIpc) is 3.35. The van der Waals surface area contributed by atoms with E-state index in [9.17, 15) is 23.4 Å². The van der Waals surface area contributed by atoms with Crippen molar-refractivity contribution in [3.8, 4) is 28.3 Å². The quantitative estimate of drug-likeness (QED) is 0.499. The lowest BCUT2D eigenvalue weighted by Crippen LogP contribution is -2.09. The second kappa shape index (κ2) is 7.05. The molecule has 31 heavy (non-hydrogen) atoms. The number of alkyl halides is 2. The summed E-state index contributed by atoms with van der Waals surface area (Å²) in [6, 6.07) is 8.56.